The van der Waals surface area contributed by atoms with Gasteiger partial charge in [-0.3, -0.25) is 9.59 Å². The number of carbonyl (C=O) groups excluding carboxylic acids is 2. The van der Waals surface area contributed by atoms with Crippen molar-refractivity contribution < 1.29 is 24.5 Å². The van der Waals surface area contributed by atoms with E-state index in [9.17, 15) is 19.8 Å². The fraction of sp³-hybridized carbons (Fsp3) is 0.736. The average molecular weight is 824 g/mol. The Balaban J connectivity index is 4.69. The van der Waals surface area contributed by atoms with E-state index in [0.29, 0.717) is 19.3 Å². The summed E-state index contributed by atoms with van der Waals surface area (Å²) in [6.07, 6.45) is 58.1. The van der Waals surface area contributed by atoms with Gasteiger partial charge in [0.05, 0.1) is 25.2 Å². The van der Waals surface area contributed by atoms with Crippen LogP contribution in [0.15, 0.2) is 72.9 Å². The van der Waals surface area contributed by atoms with E-state index in [1.165, 1.54) is 103 Å². The second kappa shape index (κ2) is 46.4. The van der Waals surface area contributed by atoms with E-state index in [4.69, 9.17) is 4.74 Å². The molecule has 0 spiro atoms. The number of nitrogens with one attached hydrogen (secondary N) is 1. The van der Waals surface area contributed by atoms with Crippen LogP contribution in [0.25, 0.3) is 0 Å². The number of hydrogen-bond acceptors (Lipinski definition) is 5. The first kappa shape index (κ1) is 56.3. The number of rotatable bonds is 43. The summed E-state index contributed by atoms with van der Waals surface area (Å²) in [7, 11) is 0. The Kier molecular flexibility index (Phi) is 44.2. The van der Waals surface area contributed by atoms with Gasteiger partial charge in [-0.2, -0.15) is 0 Å². The van der Waals surface area contributed by atoms with Crippen molar-refractivity contribution in [2.24, 2.45) is 0 Å². The van der Waals surface area contributed by atoms with Gasteiger partial charge in [-0.1, -0.05) is 216 Å². The number of unbranched alkanes of at least 4 members (excludes halogenated alkanes) is 23. The molecule has 0 saturated heterocycles. The molecule has 3 unspecified atom stereocenters. The molecule has 0 aliphatic carbocycles. The van der Waals surface area contributed by atoms with Crippen LogP contribution in [0.1, 0.15) is 226 Å². The number of ether oxygens (including phenoxy) is 1. The third-order valence-electron chi connectivity index (χ3n) is 10.9. The molecule has 0 rings (SSSR count). The van der Waals surface area contributed by atoms with Crippen molar-refractivity contribution in [2.75, 3.05) is 6.61 Å². The van der Waals surface area contributed by atoms with Crippen molar-refractivity contribution in [2.45, 2.75) is 244 Å². The normalized spacial score (nSPS) is 13.9. The van der Waals surface area contributed by atoms with Gasteiger partial charge in [-0.25, -0.2) is 0 Å². The van der Waals surface area contributed by atoms with Crippen LogP contribution in [0.2, 0.25) is 0 Å². The molecule has 0 aromatic carbocycles. The predicted molar refractivity (Wildman–Crippen MR) is 255 cm³/mol. The van der Waals surface area contributed by atoms with Crippen molar-refractivity contribution in [1.29, 1.82) is 0 Å². The molecule has 0 fully saturated rings. The molecule has 3 N–H and O–H groups in total. The highest BCUT2D eigenvalue weighted by Crippen LogP contribution is 2.17. The molecule has 6 heteroatoms. The average Bonchev–Trinajstić information content (AvgIpc) is 3.23. The largest absolute Gasteiger partial charge is 0.462 e. The lowest BCUT2D eigenvalue weighted by atomic mass is 10.0. The number of esters is 1. The van der Waals surface area contributed by atoms with Gasteiger partial charge >= 0.3 is 5.97 Å². The van der Waals surface area contributed by atoms with Crippen LogP contribution in [0, 0.1) is 0 Å². The highest BCUT2D eigenvalue weighted by Gasteiger charge is 2.24. The molecule has 0 aliphatic heterocycles. The van der Waals surface area contributed by atoms with Gasteiger partial charge in [0.25, 0.3) is 0 Å². The lowest BCUT2D eigenvalue weighted by Gasteiger charge is -2.24. The monoisotopic (exact) mass is 824 g/mol. The lowest BCUT2D eigenvalue weighted by Crippen LogP contribution is -2.46. The lowest BCUT2D eigenvalue weighted by molar-refractivity contribution is -0.151. The third kappa shape index (κ3) is 41.8. The SMILES string of the molecule is CC/C=C/C=C/C=C\C=C/C=C/CCCCCC(=O)OC(CCCCCCC/C=C\CCCCCC)CC(=O)NC(CO)C(O)CCCCCCCCCCCCCC. The molecule has 0 heterocycles. The summed E-state index contributed by atoms with van der Waals surface area (Å²) in [5.41, 5.74) is 0. The van der Waals surface area contributed by atoms with Crippen LogP contribution in [0.3, 0.4) is 0 Å². The Morgan fingerprint density at radius 1 is 0.508 bits per heavy atom. The van der Waals surface area contributed by atoms with E-state index in [2.05, 4.69) is 56.5 Å². The molecular weight excluding hydrogens is 731 g/mol. The van der Waals surface area contributed by atoms with Gasteiger partial charge in [-0.15, -0.1) is 0 Å². The van der Waals surface area contributed by atoms with Gasteiger partial charge < -0.3 is 20.3 Å². The van der Waals surface area contributed by atoms with Crippen molar-refractivity contribution in [1.82, 2.24) is 5.32 Å². The van der Waals surface area contributed by atoms with Crippen LogP contribution in [0.5, 0.6) is 0 Å². The topological polar surface area (TPSA) is 95.9 Å². The predicted octanol–water partition coefficient (Wildman–Crippen LogP) is 14.6. The van der Waals surface area contributed by atoms with Crippen LogP contribution >= 0.6 is 0 Å². The van der Waals surface area contributed by atoms with E-state index in [0.717, 1.165) is 77.0 Å². The zero-order valence-electron chi connectivity index (χ0n) is 38.6. The third-order valence-corrected chi connectivity index (χ3v) is 10.9. The summed E-state index contributed by atoms with van der Waals surface area (Å²) in [5, 5.41) is 23.7. The summed E-state index contributed by atoms with van der Waals surface area (Å²) in [6, 6.07) is -0.715. The molecule has 340 valence electrons. The van der Waals surface area contributed by atoms with E-state index >= 15 is 0 Å². The summed E-state index contributed by atoms with van der Waals surface area (Å²) in [6.45, 7) is 6.30. The summed E-state index contributed by atoms with van der Waals surface area (Å²) < 4.78 is 5.90. The van der Waals surface area contributed by atoms with E-state index in [1.807, 2.05) is 42.5 Å². The van der Waals surface area contributed by atoms with Gasteiger partial charge in [0, 0.05) is 6.42 Å². The molecule has 0 radical (unpaired) electrons. The van der Waals surface area contributed by atoms with E-state index in [1.54, 1.807) is 0 Å². The van der Waals surface area contributed by atoms with E-state index in [-0.39, 0.29) is 24.9 Å². The minimum atomic E-state index is -0.799. The zero-order chi connectivity index (χ0) is 43.1. The maximum atomic E-state index is 13.2. The van der Waals surface area contributed by atoms with Crippen molar-refractivity contribution >= 4 is 11.9 Å². The Hall–Kier alpha value is -2.70. The summed E-state index contributed by atoms with van der Waals surface area (Å²) in [4.78, 5) is 26.1. The molecule has 0 aromatic rings. The second-order valence-electron chi connectivity index (χ2n) is 16.6. The first-order chi connectivity index (χ1) is 29.0. The van der Waals surface area contributed by atoms with Crippen molar-refractivity contribution in [3.8, 4) is 0 Å². The number of carbonyl (C=O) groups is 2. The molecule has 0 aliphatic rings. The first-order valence-corrected chi connectivity index (χ1v) is 24.7. The molecule has 3 atom stereocenters. The minimum absolute atomic E-state index is 0.0519. The smallest absolute Gasteiger partial charge is 0.306 e. The fourth-order valence-electron chi connectivity index (χ4n) is 7.15. The minimum Gasteiger partial charge on any atom is -0.462 e. The molecule has 0 bridgehead atoms. The molecule has 0 aromatic heterocycles. The van der Waals surface area contributed by atoms with Gasteiger partial charge in [-0.05, 0) is 70.6 Å². The molecule has 6 nitrogen and oxygen atoms in total. The zero-order valence-corrected chi connectivity index (χ0v) is 38.6. The van der Waals surface area contributed by atoms with Gasteiger partial charge in [0.2, 0.25) is 5.91 Å². The Morgan fingerprint density at radius 2 is 0.932 bits per heavy atom. The number of hydrogen-bond donors (Lipinski definition) is 3. The van der Waals surface area contributed by atoms with Gasteiger partial charge in [0.15, 0.2) is 0 Å². The van der Waals surface area contributed by atoms with Crippen molar-refractivity contribution in [3.63, 3.8) is 0 Å². The van der Waals surface area contributed by atoms with Crippen LogP contribution in [-0.4, -0.2) is 46.9 Å². The summed E-state index contributed by atoms with van der Waals surface area (Å²) in [5.74, 6) is -0.534. The van der Waals surface area contributed by atoms with Crippen LogP contribution < -0.4 is 5.32 Å². The Labute approximate surface area is 364 Å². The maximum absolute atomic E-state index is 13.2. The number of amides is 1. The number of allylic oxidation sites excluding steroid dienone is 12. The highest BCUT2D eigenvalue weighted by atomic mass is 16.5. The molecule has 59 heavy (non-hydrogen) atoms. The van der Waals surface area contributed by atoms with Crippen LogP contribution in [0.4, 0.5) is 0 Å². The van der Waals surface area contributed by atoms with Crippen LogP contribution in [-0.2, 0) is 14.3 Å². The summed E-state index contributed by atoms with van der Waals surface area (Å²) >= 11 is 0. The molecular formula is C53H93NO5. The molecule has 0 saturated carbocycles. The molecule has 1 amide bonds. The first-order valence-electron chi connectivity index (χ1n) is 24.7. The highest BCUT2D eigenvalue weighted by molar-refractivity contribution is 5.77. The Morgan fingerprint density at radius 3 is 1.46 bits per heavy atom. The quantitative estimate of drug-likeness (QED) is 0.0246. The van der Waals surface area contributed by atoms with Crippen molar-refractivity contribution in [3.05, 3.63) is 72.9 Å². The number of aliphatic hydroxyl groups excluding tert-OH is 2. The number of aliphatic hydroxyl groups is 2. The van der Waals surface area contributed by atoms with Gasteiger partial charge in [0.1, 0.15) is 6.10 Å². The fourth-order valence-corrected chi connectivity index (χ4v) is 7.15. The van der Waals surface area contributed by atoms with E-state index < -0.39 is 18.2 Å². The second-order valence-corrected chi connectivity index (χ2v) is 16.6. The maximum Gasteiger partial charge on any atom is 0.306 e. The standard InChI is InChI=1S/C53H93NO5/c1-4-7-10-13-16-19-22-25-26-28-31-34-37-40-43-46-53(58)59-49(44-41-38-35-32-29-27-23-20-17-14-11-8-5-2)47-52(57)54-50(48-55)51(56)45-42-39-36-33-30-24-21-18-15-12-9-6-3/h7,10,13,16,19-20,22-23,25-26,28,31,49-51,55-56H,4-6,8-9,11-12,14-15,17-18,21,24,27,29-30,32-48H2,1-3H3,(H,54,57)/b10-7+,16-13+,22-19-,23-20-,26-25-,31-28+. The Bertz CT molecular complexity index is 1110.